The Morgan fingerprint density at radius 1 is 1.15 bits per heavy atom. The van der Waals surface area contributed by atoms with Crippen LogP contribution in [0.5, 0.6) is 0 Å². The van der Waals surface area contributed by atoms with Gasteiger partial charge < -0.3 is 15.2 Å². The second-order valence-electron chi connectivity index (χ2n) is 8.02. The van der Waals surface area contributed by atoms with Crippen LogP contribution < -0.4 is 5.73 Å². The van der Waals surface area contributed by atoms with Crippen molar-refractivity contribution in [1.29, 1.82) is 0 Å². The van der Waals surface area contributed by atoms with Crippen LogP contribution in [0, 0.1) is 11.7 Å². The van der Waals surface area contributed by atoms with Gasteiger partial charge in [0.05, 0.1) is 10.7 Å². The zero-order valence-corrected chi connectivity index (χ0v) is 15.8. The third-order valence-corrected chi connectivity index (χ3v) is 6.55. The van der Waals surface area contributed by atoms with E-state index in [0.29, 0.717) is 17.5 Å². The first-order valence-corrected chi connectivity index (χ1v) is 10.2. The molecule has 2 fully saturated rings. The molecule has 1 aliphatic carbocycles. The highest BCUT2D eigenvalue weighted by Gasteiger charge is 2.26. The number of nitrogens with zero attached hydrogens (tertiary/aromatic N) is 2. The zero-order chi connectivity index (χ0) is 18.1. The highest BCUT2D eigenvalue weighted by Crippen LogP contribution is 2.35. The standard InChI is InChI=1S/C20H27ClFN3O/c21-17-12-19-16(11-18(17)22)20(24-26-19)14-6-9-25(10-7-14)8-5-13-1-3-15(23)4-2-13/h11-15H,1-10,23H2. The van der Waals surface area contributed by atoms with Crippen molar-refractivity contribution < 1.29 is 8.91 Å². The number of nitrogens with two attached hydrogens (primary N) is 1. The predicted octanol–water partition coefficient (Wildman–Crippen LogP) is 4.71. The van der Waals surface area contributed by atoms with Gasteiger partial charge in [-0.1, -0.05) is 16.8 Å². The molecule has 1 aromatic heterocycles. The Balaban J connectivity index is 1.32. The van der Waals surface area contributed by atoms with Gasteiger partial charge in [0.15, 0.2) is 5.58 Å². The Hall–Kier alpha value is -1.17. The molecule has 1 aliphatic heterocycles. The molecule has 1 aromatic carbocycles. The van der Waals surface area contributed by atoms with Crippen molar-refractivity contribution in [1.82, 2.24) is 10.1 Å². The van der Waals surface area contributed by atoms with E-state index in [4.69, 9.17) is 21.9 Å². The van der Waals surface area contributed by atoms with Crippen LogP contribution in [0.3, 0.4) is 0 Å². The molecule has 6 heteroatoms. The average molecular weight is 380 g/mol. The molecule has 0 radical (unpaired) electrons. The number of fused-ring (bicyclic) bond motifs is 1. The minimum atomic E-state index is -0.409. The Kier molecular flexibility index (Phi) is 5.48. The SMILES string of the molecule is NC1CCC(CCN2CCC(c3noc4cc(Cl)c(F)cc34)CC2)CC1. The van der Waals surface area contributed by atoms with Crippen molar-refractivity contribution in [3.8, 4) is 0 Å². The molecule has 1 saturated carbocycles. The Morgan fingerprint density at radius 2 is 1.88 bits per heavy atom. The zero-order valence-electron chi connectivity index (χ0n) is 15.1. The van der Waals surface area contributed by atoms with Gasteiger partial charge in [-0.05, 0) is 76.6 Å². The van der Waals surface area contributed by atoms with Gasteiger partial charge in [-0.15, -0.1) is 0 Å². The van der Waals surface area contributed by atoms with E-state index in [-0.39, 0.29) is 5.02 Å². The molecule has 0 unspecified atom stereocenters. The predicted molar refractivity (Wildman–Crippen MR) is 102 cm³/mol. The summed E-state index contributed by atoms with van der Waals surface area (Å²) in [6, 6.07) is 3.41. The fraction of sp³-hybridized carbons (Fsp3) is 0.650. The van der Waals surface area contributed by atoms with Crippen LogP contribution in [0.1, 0.15) is 56.6 Å². The van der Waals surface area contributed by atoms with E-state index in [1.807, 2.05) is 0 Å². The van der Waals surface area contributed by atoms with Gasteiger partial charge in [0.2, 0.25) is 0 Å². The summed E-state index contributed by atoms with van der Waals surface area (Å²) < 4.78 is 19.2. The maximum absolute atomic E-state index is 13.8. The molecular formula is C20H27ClFN3O. The number of benzene rings is 1. The molecule has 26 heavy (non-hydrogen) atoms. The van der Waals surface area contributed by atoms with E-state index in [2.05, 4.69) is 10.1 Å². The number of rotatable bonds is 4. The summed E-state index contributed by atoms with van der Waals surface area (Å²) >= 11 is 5.83. The Morgan fingerprint density at radius 3 is 2.62 bits per heavy atom. The molecule has 0 bridgehead atoms. The normalized spacial score (nSPS) is 25.8. The molecule has 4 rings (SSSR count). The van der Waals surface area contributed by atoms with Gasteiger partial charge in [0.25, 0.3) is 0 Å². The lowest BCUT2D eigenvalue weighted by atomic mass is 9.84. The molecule has 2 N–H and O–H groups in total. The van der Waals surface area contributed by atoms with E-state index < -0.39 is 5.82 Å². The van der Waals surface area contributed by atoms with Crippen LogP contribution >= 0.6 is 11.6 Å². The third kappa shape index (κ3) is 3.90. The lowest BCUT2D eigenvalue weighted by Gasteiger charge is -2.33. The van der Waals surface area contributed by atoms with Gasteiger partial charge in [0.1, 0.15) is 5.82 Å². The molecular weight excluding hydrogens is 353 g/mol. The summed E-state index contributed by atoms with van der Waals surface area (Å²) in [6.45, 7) is 3.32. The Bertz CT molecular complexity index is 749. The van der Waals surface area contributed by atoms with Gasteiger partial charge in [-0.2, -0.15) is 0 Å². The largest absolute Gasteiger partial charge is 0.356 e. The molecule has 2 aromatic rings. The minimum Gasteiger partial charge on any atom is -0.356 e. The smallest absolute Gasteiger partial charge is 0.168 e. The van der Waals surface area contributed by atoms with Crippen LogP contribution in [0.15, 0.2) is 16.7 Å². The number of halogens is 2. The van der Waals surface area contributed by atoms with Crippen molar-refractivity contribution in [2.24, 2.45) is 11.7 Å². The van der Waals surface area contributed by atoms with Gasteiger partial charge >= 0.3 is 0 Å². The first-order chi connectivity index (χ1) is 12.6. The number of hydrogen-bond donors (Lipinski definition) is 1. The summed E-state index contributed by atoms with van der Waals surface area (Å²) in [6.07, 6.45) is 8.32. The molecule has 0 amide bonds. The van der Waals surface area contributed by atoms with E-state index >= 15 is 0 Å². The second-order valence-corrected chi connectivity index (χ2v) is 8.42. The van der Waals surface area contributed by atoms with Crippen LogP contribution in [-0.2, 0) is 0 Å². The minimum absolute atomic E-state index is 0.0821. The van der Waals surface area contributed by atoms with E-state index in [0.717, 1.165) is 42.9 Å². The van der Waals surface area contributed by atoms with Crippen molar-refractivity contribution in [2.75, 3.05) is 19.6 Å². The summed E-state index contributed by atoms with van der Waals surface area (Å²) in [5, 5.41) is 5.07. The monoisotopic (exact) mass is 379 g/mol. The fourth-order valence-corrected chi connectivity index (χ4v) is 4.67. The lowest BCUT2D eigenvalue weighted by molar-refractivity contribution is 0.184. The number of aromatic nitrogens is 1. The van der Waals surface area contributed by atoms with Crippen LogP contribution in [-0.4, -0.2) is 35.7 Å². The van der Waals surface area contributed by atoms with Gasteiger partial charge in [0, 0.05) is 23.4 Å². The van der Waals surface area contributed by atoms with Crippen molar-refractivity contribution in [3.05, 3.63) is 28.7 Å². The second kappa shape index (κ2) is 7.83. The molecule has 2 heterocycles. The summed E-state index contributed by atoms with van der Waals surface area (Å²) in [5.41, 5.74) is 7.46. The number of piperidine rings is 1. The summed E-state index contributed by atoms with van der Waals surface area (Å²) in [7, 11) is 0. The van der Waals surface area contributed by atoms with Gasteiger partial charge in [-0.25, -0.2) is 4.39 Å². The first-order valence-electron chi connectivity index (χ1n) is 9.82. The molecule has 1 saturated heterocycles. The molecule has 0 spiro atoms. The van der Waals surface area contributed by atoms with E-state index in [1.165, 1.54) is 50.8 Å². The van der Waals surface area contributed by atoms with Crippen molar-refractivity contribution in [2.45, 2.75) is 56.9 Å². The summed E-state index contributed by atoms with van der Waals surface area (Å²) in [4.78, 5) is 2.56. The molecule has 4 nitrogen and oxygen atoms in total. The maximum atomic E-state index is 13.8. The number of likely N-dealkylation sites (tertiary alicyclic amines) is 1. The van der Waals surface area contributed by atoms with Crippen LogP contribution in [0.25, 0.3) is 11.0 Å². The first kappa shape index (κ1) is 18.2. The Labute approximate surface area is 158 Å². The van der Waals surface area contributed by atoms with Crippen molar-refractivity contribution in [3.63, 3.8) is 0 Å². The molecule has 142 valence electrons. The van der Waals surface area contributed by atoms with Gasteiger partial charge in [-0.3, -0.25) is 0 Å². The molecule has 2 aliphatic rings. The lowest BCUT2D eigenvalue weighted by Crippen LogP contribution is -2.35. The average Bonchev–Trinajstić information content (AvgIpc) is 3.05. The third-order valence-electron chi connectivity index (χ3n) is 6.26. The van der Waals surface area contributed by atoms with Crippen molar-refractivity contribution >= 4 is 22.6 Å². The highest BCUT2D eigenvalue weighted by molar-refractivity contribution is 6.31. The van der Waals surface area contributed by atoms with E-state index in [1.54, 1.807) is 0 Å². The fourth-order valence-electron chi connectivity index (χ4n) is 4.52. The maximum Gasteiger partial charge on any atom is 0.168 e. The number of hydrogen-bond acceptors (Lipinski definition) is 4. The van der Waals surface area contributed by atoms with Crippen LogP contribution in [0.4, 0.5) is 4.39 Å². The quantitative estimate of drug-likeness (QED) is 0.835. The van der Waals surface area contributed by atoms with Crippen LogP contribution in [0.2, 0.25) is 5.02 Å². The highest BCUT2D eigenvalue weighted by atomic mass is 35.5. The molecule has 0 atom stereocenters. The summed E-state index contributed by atoms with van der Waals surface area (Å²) in [5.74, 6) is 0.772. The topological polar surface area (TPSA) is 55.3 Å². The van der Waals surface area contributed by atoms with E-state index in [9.17, 15) is 4.39 Å².